The molecule has 1 aliphatic rings. The average molecular weight is 296 g/mol. The minimum atomic E-state index is 0.502. The van der Waals surface area contributed by atoms with Crippen molar-refractivity contribution in [3.63, 3.8) is 0 Å². The predicted molar refractivity (Wildman–Crippen MR) is 85.4 cm³/mol. The minimum Gasteiger partial charge on any atom is -0.383 e. The number of methoxy groups -OCH3 is 1. The zero-order valence-electron chi connectivity index (χ0n) is 12.9. The summed E-state index contributed by atoms with van der Waals surface area (Å²) in [6.45, 7) is 5.06. The molecule has 4 heteroatoms. The van der Waals surface area contributed by atoms with Gasteiger partial charge in [-0.2, -0.15) is 0 Å². The van der Waals surface area contributed by atoms with Gasteiger partial charge < -0.3 is 10.1 Å². The zero-order chi connectivity index (χ0) is 14.3. The van der Waals surface area contributed by atoms with Crippen LogP contribution in [0, 0.1) is 12.3 Å². The quantitative estimate of drug-likeness (QED) is 0.745. The van der Waals surface area contributed by atoms with Crippen molar-refractivity contribution in [2.45, 2.75) is 51.9 Å². The summed E-state index contributed by atoms with van der Waals surface area (Å²) in [6, 6.07) is 0. The third-order valence-corrected chi connectivity index (χ3v) is 5.62. The summed E-state index contributed by atoms with van der Waals surface area (Å²) < 4.78 is 5.13. The molecule has 0 atom stereocenters. The third-order valence-electron chi connectivity index (χ3n) is 4.62. The van der Waals surface area contributed by atoms with E-state index < -0.39 is 0 Å². The van der Waals surface area contributed by atoms with Gasteiger partial charge in [-0.15, -0.1) is 11.3 Å². The molecule has 0 aromatic carbocycles. The number of ether oxygens (including phenoxy) is 1. The lowest BCUT2D eigenvalue weighted by Gasteiger charge is -2.38. The van der Waals surface area contributed by atoms with E-state index in [1.165, 1.54) is 55.5 Å². The lowest BCUT2D eigenvalue weighted by atomic mass is 9.71. The minimum absolute atomic E-state index is 0.502. The molecule has 1 aromatic heterocycles. The summed E-state index contributed by atoms with van der Waals surface area (Å²) in [4.78, 5) is 5.85. The molecule has 0 unspecified atom stereocenters. The highest BCUT2D eigenvalue weighted by atomic mass is 32.1. The Kier molecular flexibility index (Phi) is 6.46. The molecule has 2 rings (SSSR count). The Balaban J connectivity index is 1.87. The number of hydrogen-bond donors (Lipinski definition) is 1. The number of aromatic nitrogens is 1. The molecule has 114 valence electrons. The molecule has 1 saturated carbocycles. The van der Waals surface area contributed by atoms with Crippen molar-refractivity contribution in [3.05, 3.63) is 16.1 Å². The first-order valence-electron chi connectivity index (χ1n) is 7.84. The van der Waals surface area contributed by atoms with Crippen LogP contribution in [0.5, 0.6) is 0 Å². The van der Waals surface area contributed by atoms with E-state index in [9.17, 15) is 0 Å². The maximum Gasteiger partial charge on any atom is 0.0797 e. The van der Waals surface area contributed by atoms with Gasteiger partial charge in [0.15, 0.2) is 0 Å². The van der Waals surface area contributed by atoms with E-state index in [-0.39, 0.29) is 0 Å². The number of hydrogen-bond acceptors (Lipinski definition) is 4. The molecule has 0 radical (unpaired) electrons. The van der Waals surface area contributed by atoms with Gasteiger partial charge in [0.05, 0.1) is 17.8 Å². The Morgan fingerprint density at radius 1 is 1.35 bits per heavy atom. The van der Waals surface area contributed by atoms with E-state index >= 15 is 0 Å². The van der Waals surface area contributed by atoms with Crippen LogP contribution in [0.25, 0.3) is 0 Å². The van der Waals surface area contributed by atoms with Crippen molar-refractivity contribution in [3.8, 4) is 0 Å². The van der Waals surface area contributed by atoms with E-state index in [1.54, 1.807) is 7.11 Å². The number of thiazole rings is 1. The fourth-order valence-corrected chi connectivity index (χ4v) is 4.07. The van der Waals surface area contributed by atoms with Crippen LogP contribution >= 0.6 is 11.3 Å². The van der Waals surface area contributed by atoms with E-state index in [0.29, 0.717) is 5.41 Å². The van der Waals surface area contributed by atoms with Gasteiger partial charge in [0, 0.05) is 25.1 Å². The van der Waals surface area contributed by atoms with Gasteiger partial charge in [0.1, 0.15) is 0 Å². The second-order valence-corrected chi connectivity index (χ2v) is 7.03. The molecular weight excluding hydrogens is 268 g/mol. The number of aryl methyl sites for hydroxylation is 2. The van der Waals surface area contributed by atoms with Gasteiger partial charge in [-0.1, -0.05) is 19.3 Å². The first-order valence-corrected chi connectivity index (χ1v) is 8.72. The zero-order valence-corrected chi connectivity index (χ0v) is 13.7. The van der Waals surface area contributed by atoms with Crippen molar-refractivity contribution in [2.24, 2.45) is 5.41 Å². The van der Waals surface area contributed by atoms with Crippen LogP contribution < -0.4 is 5.32 Å². The van der Waals surface area contributed by atoms with Gasteiger partial charge in [-0.05, 0) is 38.0 Å². The van der Waals surface area contributed by atoms with Crippen LogP contribution in [0.1, 0.15) is 49.1 Å². The predicted octanol–water partition coefficient (Wildman–Crippen LogP) is 3.57. The van der Waals surface area contributed by atoms with Crippen LogP contribution in [-0.4, -0.2) is 31.8 Å². The summed E-state index contributed by atoms with van der Waals surface area (Å²) in [7, 11) is 1.77. The van der Waals surface area contributed by atoms with Gasteiger partial charge in [-0.25, -0.2) is 4.98 Å². The third kappa shape index (κ3) is 4.54. The van der Waals surface area contributed by atoms with E-state index in [4.69, 9.17) is 4.74 Å². The molecule has 0 amide bonds. The number of rotatable bonds is 8. The Labute approximate surface area is 127 Å². The average Bonchev–Trinajstić information content (AvgIpc) is 2.88. The Bertz CT molecular complexity index is 386. The molecule has 0 spiro atoms. The molecule has 0 saturated heterocycles. The van der Waals surface area contributed by atoms with Crippen LogP contribution in [0.3, 0.4) is 0 Å². The van der Waals surface area contributed by atoms with Crippen molar-refractivity contribution in [1.82, 2.24) is 10.3 Å². The molecule has 20 heavy (non-hydrogen) atoms. The fourth-order valence-electron chi connectivity index (χ4n) is 3.29. The summed E-state index contributed by atoms with van der Waals surface area (Å²) in [5.41, 5.74) is 3.71. The SMILES string of the molecule is COCCNCC1(CCc2scnc2C)CCCCC1. The maximum atomic E-state index is 5.13. The van der Waals surface area contributed by atoms with Gasteiger partial charge in [0.2, 0.25) is 0 Å². The van der Waals surface area contributed by atoms with Crippen molar-refractivity contribution in [1.29, 1.82) is 0 Å². The largest absolute Gasteiger partial charge is 0.383 e. The molecule has 1 aromatic rings. The van der Waals surface area contributed by atoms with Crippen molar-refractivity contribution >= 4 is 11.3 Å². The summed E-state index contributed by atoms with van der Waals surface area (Å²) in [6.07, 6.45) is 9.47. The Morgan fingerprint density at radius 3 is 2.80 bits per heavy atom. The molecule has 3 nitrogen and oxygen atoms in total. The number of nitrogens with one attached hydrogen (secondary N) is 1. The van der Waals surface area contributed by atoms with Crippen molar-refractivity contribution in [2.75, 3.05) is 26.8 Å². The molecule has 1 N–H and O–H groups in total. The molecule has 1 fully saturated rings. The van der Waals surface area contributed by atoms with E-state index in [1.807, 2.05) is 16.8 Å². The lowest BCUT2D eigenvalue weighted by Crippen LogP contribution is -2.37. The highest BCUT2D eigenvalue weighted by Crippen LogP contribution is 2.40. The molecule has 0 bridgehead atoms. The number of nitrogens with zero attached hydrogens (tertiary/aromatic N) is 1. The molecule has 0 aliphatic heterocycles. The van der Waals surface area contributed by atoms with E-state index in [2.05, 4.69) is 17.2 Å². The topological polar surface area (TPSA) is 34.1 Å². The normalized spacial score (nSPS) is 18.3. The summed E-state index contributed by atoms with van der Waals surface area (Å²) in [5, 5.41) is 3.60. The van der Waals surface area contributed by atoms with Gasteiger partial charge in [0.25, 0.3) is 0 Å². The monoisotopic (exact) mass is 296 g/mol. The van der Waals surface area contributed by atoms with Crippen LogP contribution in [0.4, 0.5) is 0 Å². The van der Waals surface area contributed by atoms with Crippen molar-refractivity contribution < 1.29 is 4.74 Å². The molecule has 1 heterocycles. The second-order valence-electron chi connectivity index (χ2n) is 6.09. The second kappa shape index (κ2) is 8.11. The van der Waals surface area contributed by atoms with E-state index in [0.717, 1.165) is 19.7 Å². The lowest BCUT2D eigenvalue weighted by molar-refractivity contribution is 0.153. The van der Waals surface area contributed by atoms with Gasteiger partial charge >= 0.3 is 0 Å². The van der Waals surface area contributed by atoms with Gasteiger partial charge in [-0.3, -0.25) is 0 Å². The Morgan fingerprint density at radius 2 is 2.15 bits per heavy atom. The Hall–Kier alpha value is -0.450. The first-order chi connectivity index (χ1) is 9.76. The smallest absolute Gasteiger partial charge is 0.0797 e. The first kappa shape index (κ1) is 15.9. The standard InChI is InChI=1S/C16H28N2OS/c1-14-15(20-13-18-14)6-9-16(7-4-3-5-8-16)12-17-10-11-19-2/h13,17H,3-12H2,1-2H3. The maximum absolute atomic E-state index is 5.13. The molecular formula is C16H28N2OS. The molecule has 1 aliphatic carbocycles. The summed E-state index contributed by atoms with van der Waals surface area (Å²) in [5.74, 6) is 0. The van der Waals surface area contributed by atoms with Crippen LogP contribution in [-0.2, 0) is 11.2 Å². The highest BCUT2D eigenvalue weighted by Gasteiger charge is 2.31. The van der Waals surface area contributed by atoms with Crippen LogP contribution in [0.15, 0.2) is 5.51 Å². The fraction of sp³-hybridized carbons (Fsp3) is 0.812. The van der Waals surface area contributed by atoms with Crippen LogP contribution in [0.2, 0.25) is 0 Å². The highest BCUT2D eigenvalue weighted by molar-refractivity contribution is 7.09. The summed E-state index contributed by atoms with van der Waals surface area (Å²) >= 11 is 1.82.